The molecule has 0 bridgehead atoms. The third-order valence-electron chi connectivity index (χ3n) is 2.53. The number of amides is 1. The Balaban J connectivity index is 2.06. The minimum absolute atomic E-state index is 0.0424. The second-order valence-electron chi connectivity index (χ2n) is 3.88. The highest BCUT2D eigenvalue weighted by molar-refractivity contribution is 7.17. The van der Waals surface area contributed by atoms with Gasteiger partial charge in [0.25, 0.3) is 5.91 Å². The molecule has 0 spiro atoms. The molecule has 0 aliphatic heterocycles. The Morgan fingerprint density at radius 3 is 2.84 bits per heavy atom. The maximum Gasteiger partial charge on any atom is 0.324 e. The molecule has 2 heterocycles. The minimum atomic E-state index is -0.508. The van der Waals surface area contributed by atoms with Crippen molar-refractivity contribution < 1.29 is 9.72 Å². The fourth-order valence-corrected chi connectivity index (χ4v) is 2.25. The maximum atomic E-state index is 11.9. The highest BCUT2D eigenvalue weighted by atomic mass is 32.1. The van der Waals surface area contributed by atoms with Gasteiger partial charge >= 0.3 is 5.00 Å². The number of rotatable bonds is 4. The van der Waals surface area contributed by atoms with Crippen molar-refractivity contribution in [3.63, 3.8) is 0 Å². The molecule has 19 heavy (non-hydrogen) atoms. The van der Waals surface area contributed by atoms with Gasteiger partial charge in [-0.15, -0.1) is 0 Å². The van der Waals surface area contributed by atoms with Gasteiger partial charge in [0.05, 0.1) is 15.8 Å². The van der Waals surface area contributed by atoms with Crippen LogP contribution < -0.4 is 5.32 Å². The van der Waals surface area contributed by atoms with Crippen LogP contribution >= 0.6 is 11.3 Å². The van der Waals surface area contributed by atoms with E-state index in [2.05, 4.69) is 10.3 Å². The largest absolute Gasteiger partial charge is 0.345 e. The van der Waals surface area contributed by atoms with Gasteiger partial charge in [-0.25, -0.2) is 0 Å². The number of pyridine rings is 1. The molecule has 2 rings (SSSR count). The normalized spacial score (nSPS) is 11.8. The SMILES string of the molecule is CC(NC(=O)c1ccc([N+](=O)[O-])s1)c1cccnc1. The summed E-state index contributed by atoms with van der Waals surface area (Å²) in [6.45, 7) is 1.83. The van der Waals surface area contributed by atoms with Crippen molar-refractivity contribution >= 4 is 22.2 Å². The molecule has 0 aromatic carbocycles. The molecule has 6 nitrogen and oxygen atoms in total. The van der Waals surface area contributed by atoms with Crippen molar-refractivity contribution in [1.29, 1.82) is 0 Å². The number of hydrogen-bond acceptors (Lipinski definition) is 5. The fourth-order valence-electron chi connectivity index (χ4n) is 1.53. The van der Waals surface area contributed by atoms with Crippen molar-refractivity contribution in [3.05, 3.63) is 57.2 Å². The summed E-state index contributed by atoms with van der Waals surface area (Å²) >= 11 is 0.860. The van der Waals surface area contributed by atoms with E-state index in [1.54, 1.807) is 18.5 Å². The van der Waals surface area contributed by atoms with E-state index in [0.29, 0.717) is 4.88 Å². The van der Waals surface area contributed by atoms with Crippen molar-refractivity contribution in [2.75, 3.05) is 0 Å². The molecule has 0 saturated heterocycles. The van der Waals surface area contributed by atoms with Gasteiger partial charge in [0.1, 0.15) is 0 Å². The van der Waals surface area contributed by atoms with Crippen LogP contribution in [0.4, 0.5) is 5.00 Å². The zero-order valence-corrected chi connectivity index (χ0v) is 10.9. The molecule has 1 N–H and O–H groups in total. The summed E-state index contributed by atoms with van der Waals surface area (Å²) in [5.41, 5.74) is 0.877. The van der Waals surface area contributed by atoms with Crippen molar-refractivity contribution in [2.45, 2.75) is 13.0 Å². The molecule has 2 aromatic heterocycles. The van der Waals surface area contributed by atoms with Crippen LogP contribution in [0.1, 0.15) is 28.2 Å². The average Bonchev–Trinajstić information content (AvgIpc) is 2.89. The monoisotopic (exact) mass is 277 g/mol. The molecule has 98 valence electrons. The number of carbonyl (C=O) groups is 1. The standard InChI is InChI=1S/C12H11N3O3S/c1-8(9-3-2-6-13-7-9)14-12(16)10-4-5-11(19-10)15(17)18/h2-8H,1H3,(H,14,16). The Bertz CT molecular complexity index is 597. The van der Waals surface area contributed by atoms with E-state index in [1.165, 1.54) is 12.1 Å². The smallest absolute Gasteiger partial charge is 0.324 e. The van der Waals surface area contributed by atoms with Crippen LogP contribution in [-0.2, 0) is 0 Å². The number of aromatic nitrogens is 1. The molecule has 1 unspecified atom stereocenters. The van der Waals surface area contributed by atoms with Crippen LogP contribution in [0.2, 0.25) is 0 Å². The van der Waals surface area contributed by atoms with Gasteiger partial charge in [0.2, 0.25) is 0 Å². The van der Waals surface area contributed by atoms with Crippen LogP contribution in [0.25, 0.3) is 0 Å². The van der Waals surface area contributed by atoms with Crippen molar-refractivity contribution in [3.8, 4) is 0 Å². The Labute approximate surface area is 113 Å². The predicted octanol–water partition coefficient (Wildman–Crippen LogP) is 2.54. The van der Waals surface area contributed by atoms with E-state index < -0.39 is 4.92 Å². The molecule has 0 radical (unpaired) electrons. The fraction of sp³-hybridized carbons (Fsp3) is 0.167. The van der Waals surface area contributed by atoms with E-state index in [0.717, 1.165) is 16.9 Å². The number of hydrogen-bond donors (Lipinski definition) is 1. The molecular weight excluding hydrogens is 266 g/mol. The maximum absolute atomic E-state index is 11.9. The van der Waals surface area contributed by atoms with Gasteiger partial charge in [0.15, 0.2) is 0 Å². The first-order chi connectivity index (χ1) is 9.08. The van der Waals surface area contributed by atoms with Crippen molar-refractivity contribution in [2.24, 2.45) is 0 Å². The molecular formula is C12H11N3O3S. The van der Waals surface area contributed by atoms with Gasteiger partial charge in [-0.3, -0.25) is 19.9 Å². The summed E-state index contributed by atoms with van der Waals surface area (Å²) in [4.78, 5) is 26.3. The zero-order valence-electron chi connectivity index (χ0n) is 10.1. The molecule has 7 heteroatoms. The first-order valence-electron chi connectivity index (χ1n) is 5.53. The highest BCUT2D eigenvalue weighted by Crippen LogP contribution is 2.24. The molecule has 1 atom stereocenters. The summed E-state index contributed by atoms with van der Waals surface area (Å²) in [7, 11) is 0. The lowest BCUT2D eigenvalue weighted by Gasteiger charge is -2.12. The summed E-state index contributed by atoms with van der Waals surface area (Å²) in [6, 6.07) is 6.22. The Hall–Kier alpha value is -2.28. The van der Waals surface area contributed by atoms with Gasteiger partial charge in [-0.2, -0.15) is 0 Å². The van der Waals surface area contributed by atoms with Crippen LogP contribution in [0.5, 0.6) is 0 Å². The highest BCUT2D eigenvalue weighted by Gasteiger charge is 2.17. The second kappa shape index (κ2) is 5.57. The zero-order chi connectivity index (χ0) is 13.8. The summed E-state index contributed by atoms with van der Waals surface area (Å²) in [5, 5.41) is 13.3. The third-order valence-corrected chi connectivity index (χ3v) is 3.56. The van der Waals surface area contributed by atoms with Crippen LogP contribution in [0.3, 0.4) is 0 Å². The Morgan fingerprint density at radius 1 is 1.47 bits per heavy atom. The second-order valence-corrected chi connectivity index (χ2v) is 4.94. The van der Waals surface area contributed by atoms with E-state index in [4.69, 9.17) is 0 Å². The van der Waals surface area contributed by atoms with E-state index in [9.17, 15) is 14.9 Å². The summed E-state index contributed by atoms with van der Waals surface area (Å²) in [5.74, 6) is -0.325. The molecule has 0 saturated carbocycles. The van der Waals surface area contributed by atoms with Crippen LogP contribution in [0.15, 0.2) is 36.7 Å². The molecule has 0 aliphatic rings. The summed E-state index contributed by atoms with van der Waals surface area (Å²) < 4.78 is 0. The van der Waals surface area contributed by atoms with Gasteiger partial charge in [-0.1, -0.05) is 17.4 Å². The van der Waals surface area contributed by atoms with E-state index in [-0.39, 0.29) is 17.0 Å². The lowest BCUT2D eigenvalue weighted by Crippen LogP contribution is -2.25. The third kappa shape index (κ3) is 3.14. The van der Waals surface area contributed by atoms with E-state index >= 15 is 0 Å². The first kappa shape index (κ1) is 13.2. The quantitative estimate of drug-likeness (QED) is 0.687. The van der Waals surface area contributed by atoms with E-state index in [1.807, 2.05) is 13.0 Å². The van der Waals surface area contributed by atoms with Gasteiger partial charge in [0, 0.05) is 18.5 Å². The molecule has 1 amide bonds. The molecule has 0 fully saturated rings. The molecule has 2 aromatic rings. The number of nitro groups is 1. The number of nitrogens with one attached hydrogen (secondary N) is 1. The van der Waals surface area contributed by atoms with Crippen LogP contribution in [-0.4, -0.2) is 15.8 Å². The number of thiophene rings is 1. The Kier molecular flexibility index (Phi) is 3.86. The minimum Gasteiger partial charge on any atom is -0.345 e. The first-order valence-corrected chi connectivity index (χ1v) is 6.34. The molecule has 0 aliphatic carbocycles. The van der Waals surface area contributed by atoms with Crippen LogP contribution in [0, 0.1) is 10.1 Å². The lowest BCUT2D eigenvalue weighted by molar-refractivity contribution is -0.380. The Morgan fingerprint density at radius 2 is 2.26 bits per heavy atom. The van der Waals surface area contributed by atoms with Gasteiger partial charge in [-0.05, 0) is 24.6 Å². The lowest BCUT2D eigenvalue weighted by atomic mass is 10.1. The number of nitrogens with zero attached hydrogens (tertiary/aromatic N) is 2. The van der Waals surface area contributed by atoms with Crippen molar-refractivity contribution in [1.82, 2.24) is 10.3 Å². The number of carbonyl (C=O) groups excluding carboxylic acids is 1. The average molecular weight is 277 g/mol. The topological polar surface area (TPSA) is 85.1 Å². The predicted molar refractivity (Wildman–Crippen MR) is 71.1 cm³/mol. The summed E-state index contributed by atoms with van der Waals surface area (Å²) in [6.07, 6.45) is 3.32. The van der Waals surface area contributed by atoms with Gasteiger partial charge < -0.3 is 5.32 Å².